The largest absolute Gasteiger partial charge is 0.397 e. The number of hydrogen-bond donors (Lipinski definition) is 1. The smallest absolute Gasteiger partial charge is 0.256 e. The van der Waals surface area contributed by atoms with Gasteiger partial charge < -0.3 is 0 Å². The summed E-state index contributed by atoms with van der Waals surface area (Å²) in [5.41, 5.74) is -0.501. The van der Waals surface area contributed by atoms with E-state index in [0.717, 1.165) is 6.07 Å². The molecule has 1 rings (SSSR count). The van der Waals surface area contributed by atoms with Crippen molar-refractivity contribution >= 4 is 22.6 Å². The molecular weight excluding hydrogens is 320 g/mol. The van der Waals surface area contributed by atoms with Crippen LogP contribution in [0.1, 0.15) is 31.9 Å². The zero-order chi connectivity index (χ0) is 15.7. The molecule has 0 aromatic carbocycles. The summed E-state index contributed by atoms with van der Waals surface area (Å²) in [6, 6.07) is 0.759. The highest BCUT2D eigenvalue weighted by atomic mass is 35.5. The van der Waals surface area contributed by atoms with Gasteiger partial charge >= 0.3 is 6.18 Å². The highest BCUT2D eigenvalue weighted by Gasteiger charge is 2.46. The number of pyridine rings is 1. The number of nitrogens with zero attached hydrogens (tertiary/aromatic N) is 1. The van der Waals surface area contributed by atoms with Crippen molar-refractivity contribution in [2.24, 2.45) is 5.14 Å². The highest BCUT2D eigenvalue weighted by molar-refractivity contribution is 7.84. The van der Waals surface area contributed by atoms with Crippen LogP contribution in [0.15, 0.2) is 12.3 Å². The summed E-state index contributed by atoms with van der Waals surface area (Å²) in [7, 11) is -1.96. The molecule has 0 fully saturated rings. The molecule has 0 spiro atoms. The van der Waals surface area contributed by atoms with Gasteiger partial charge in [0, 0.05) is 0 Å². The second-order valence-corrected chi connectivity index (χ2v) is 6.98. The molecular formula is C11H13ClF4N2OS. The Morgan fingerprint density at radius 2 is 2.00 bits per heavy atom. The molecule has 114 valence electrons. The number of alkyl halides is 3. The van der Waals surface area contributed by atoms with Gasteiger partial charge in [-0.05, 0) is 26.3 Å². The lowest BCUT2D eigenvalue weighted by atomic mass is 9.92. The van der Waals surface area contributed by atoms with Gasteiger partial charge in [0.15, 0.2) is 0 Å². The zero-order valence-electron chi connectivity index (χ0n) is 10.7. The van der Waals surface area contributed by atoms with Gasteiger partial charge in [0.05, 0.1) is 38.6 Å². The van der Waals surface area contributed by atoms with E-state index in [0.29, 0.717) is 6.20 Å². The highest BCUT2D eigenvalue weighted by Crippen LogP contribution is 2.42. The zero-order valence-corrected chi connectivity index (χ0v) is 12.2. The summed E-state index contributed by atoms with van der Waals surface area (Å²) in [4.78, 5) is 3.42. The SMILES string of the molecule is CC(C)(C[C@H](c1ncc(F)cc1Cl)C(F)(F)F)S(N)=O. The van der Waals surface area contributed by atoms with Crippen LogP contribution in [0.2, 0.25) is 5.02 Å². The van der Waals surface area contributed by atoms with Gasteiger partial charge in [-0.3, -0.25) is 10.1 Å². The van der Waals surface area contributed by atoms with Crippen LogP contribution in [-0.2, 0) is 11.0 Å². The van der Waals surface area contributed by atoms with Crippen LogP contribution >= 0.6 is 11.6 Å². The second-order valence-electron chi connectivity index (χ2n) is 4.88. The predicted octanol–water partition coefficient (Wildman–Crippen LogP) is 3.31. The molecule has 9 heteroatoms. The third kappa shape index (κ3) is 4.13. The maximum atomic E-state index is 13.1. The number of rotatable bonds is 4. The summed E-state index contributed by atoms with van der Waals surface area (Å²) >= 11 is 5.63. The molecule has 0 saturated heterocycles. The maximum Gasteiger partial charge on any atom is 0.397 e. The Hall–Kier alpha value is -0.730. The van der Waals surface area contributed by atoms with E-state index in [9.17, 15) is 21.8 Å². The van der Waals surface area contributed by atoms with Crippen LogP contribution in [0.5, 0.6) is 0 Å². The Morgan fingerprint density at radius 1 is 1.45 bits per heavy atom. The number of halogens is 5. The van der Waals surface area contributed by atoms with Crippen LogP contribution < -0.4 is 5.14 Å². The minimum atomic E-state index is -4.66. The lowest BCUT2D eigenvalue weighted by molar-refractivity contribution is -0.154. The van der Waals surface area contributed by atoms with Crippen molar-refractivity contribution in [1.82, 2.24) is 4.98 Å². The number of nitrogens with two attached hydrogens (primary N) is 1. The summed E-state index contributed by atoms with van der Waals surface area (Å²) in [6.07, 6.45) is -4.57. The number of hydrogen-bond acceptors (Lipinski definition) is 2. The van der Waals surface area contributed by atoms with Crippen molar-refractivity contribution in [2.45, 2.75) is 37.1 Å². The summed E-state index contributed by atoms with van der Waals surface area (Å²) in [5.74, 6) is -2.90. The summed E-state index contributed by atoms with van der Waals surface area (Å²) in [6.45, 7) is 2.69. The van der Waals surface area contributed by atoms with Crippen molar-refractivity contribution in [1.29, 1.82) is 0 Å². The molecule has 0 aliphatic rings. The van der Waals surface area contributed by atoms with Crippen LogP contribution in [0, 0.1) is 5.82 Å². The lowest BCUT2D eigenvalue weighted by Crippen LogP contribution is -2.37. The van der Waals surface area contributed by atoms with Crippen molar-refractivity contribution in [3.05, 3.63) is 28.8 Å². The van der Waals surface area contributed by atoms with E-state index in [1.807, 2.05) is 0 Å². The van der Waals surface area contributed by atoms with Crippen LogP contribution in [-0.4, -0.2) is 20.1 Å². The average molecular weight is 333 g/mol. The molecule has 2 N–H and O–H groups in total. The minimum Gasteiger partial charge on any atom is -0.256 e. The Kier molecular flexibility index (Phi) is 5.15. The van der Waals surface area contributed by atoms with Gasteiger partial charge in [0.1, 0.15) is 5.82 Å². The van der Waals surface area contributed by atoms with Crippen molar-refractivity contribution in [2.75, 3.05) is 0 Å². The van der Waals surface area contributed by atoms with E-state index in [4.69, 9.17) is 16.7 Å². The summed E-state index contributed by atoms with van der Waals surface area (Å²) in [5, 5.41) is 4.77. The standard InChI is InChI=1S/C11H13ClF4N2OS/c1-10(2,20(17)19)4-7(11(14,15)16)9-8(12)3-6(13)5-18-9/h3,5,7H,4,17H2,1-2H3/t7-,20?/m1/s1. The minimum absolute atomic E-state index is 0.425. The fraction of sp³-hybridized carbons (Fsp3) is 0.545. The van der Waals surface area contributed by atoms with Gasteiger partial charge in [-0.1, -0.05) is 11.6 Å². The number of aromatic nitrogens is 1. The molecule has 0 bridgehead atoms. The molecule has 0 amide bonds. The molecule has 1 aromatic heterocycles. The average Bonchev–Trinajstić information content (AvgIpc) is 2.25. The van der Waals surface area contributed by atoms with Gasteiger partial charge in [-0.25, -0.2) is 8.60 Å². The van der Waals surface area contributed by atoms with Gasteiger partial charge in [0.2, 0.25) is 0 Å². The van der Waals surface area contributed by atoms with E-state index in [1.165, 1.54) is 13.8 Å². The molecule has 0 saturated carbocycles. The normalized spacial score (nSPS) is 16.0. The quantitative estimate of drug-likeness (QED) is 0.860. The van der Waals surface area contributed by atoms with Crippen molar-refractivity contribution in [3.63, 3.8) is 0 Å². The molecule has 0 aliphatic carbocycles. The first-order valence-electron chi connectivity index (χ1n) is 5.49. The fourth-order valence-corrected chi connectivity index (χ4v) is 2.24. The van der Waals surface area contributed by atoms with E-state index >= 15 is 0 Å². The van der Waals surface area contributed by atoms with E-state index < -0.39 is 50.8 Å². The topological polar surface area (TPSA) is 56.0 Å². The molecule has 20 heavy (non-hydrogen) atoms. The van der Waals surface area contributed by atoms with Crippen LogP contribution in [0.25, 0.3) is 0 Å². The molecule has 1 aromatic rings. The fourth-order valence-electron chi connectivity index (χ4n) is 1.62. The molecule has 3 nitrogen and oxygen atoms in total. The van der Waals surface area contributed by atoms with E-state index in [-0.39, 0.29) is 0 Å². The first-order chi connectivity index (χ1) is 8.95. The Labute approximate surface area is 121 Å². The van der Waals surface area contributed by atoms with Gasteiger partial charge in [-0.15, -0.1) is 0 Å². The van der Waals surface area contributed by atoms with Gasteiger partial charge in [0.25, 0.3) is 0 Å². The van der Waals surface area contributed by atoms with E-state index in [1.54, 1.807) is 0 Å². The monoisotopic (exact) mass is 332 g/mol. The lowest BCUT2D eigenvalue weighted by Gasteiger charge is -2.28. The Morgan fingerprint density at radius 3 is 2.40 bits per heavy atom. The third-order valence-corrected chi connectivity index (χ3v) is 4.36. The van der Waals surface area contributed by atoms with Crippen molar-refractivity contribution < 1.29 is 21.8 Å². The van der Waals surface area contributed by atoms with Crippen LogP contribution in [0.3, 0.4) is 0 Å². The first-order valence-corrected chi connectivity index (χ1v) is 7.08. The molecule has 0 radical (unpaired) electrons. The first kappa shape index (κ1) is 17.3. The third-order valence-electron chi connectivity index (χ3n) is 2.80. The maximum absolute atomic E-state index is 13.1. The molecule has 1 heterocycles. The second kappa shape index (κ2) is 5.95. The molecule has 0 aliphatic heterocycles. The van der Waals surface area contributed by atoms with E-state index in [2.05, 4.69) is 4.98 Å². The molecule has 1 unspecified atom stereocenters. The molecule has 2 atom stereocenters. The van der Waals surface area contributed by atoms with Crippen LogP contribution in [0.4, 0.5) is 17.6 Å². The summed E-state index contributed by atoms with van der Waals surface area (Å²) < 4.78 is 62.3. The van der Waals surface area contributed by atoms with Crippen molar-refractivity contribution in [3.8, 4) is 0 Å². The predicted molar refractivity (Wildman–Crippen MR) is 69.0 cm³/mol. The Balaban J connectivity index is 3.24. The Bertz CT molecular complexity index is 522. The van der Waals surface area contributed by atoms with Gasteiger partial charge in [-0.2, -0.15) is 13.2 Å².